The van der Waals surface area contributed by atoms with Crippen LogP contribution in [0.5, 0.6) is 5.75 Å². The minimum Gasteiger partial charge on any atom is -0.507 e. The third kappa shape index (κ3) is 3.54. The average Bonchev–Trinajstić information content (AvgIpc) is 2.37. The molecule has 2 aromatic carbocycles. The van der Waals surface area contributed by atoms with Gasteiger partial charge in [0, 0.05) is 11.0 Å². The zero-order valence-corrected chi connectivity index (χ0v) is 11.4. The molecule has 2 aromatic rings. The summed E-state index contributed by atoms with van der Waals surface area (Å²) in [5, 5.41) is 12.3. The molecule has 0 unspecified atom stereocenters. The minimum absolute atomic E-state index is 0.0917. The van der Waals surface area contributed by atoms with Crippen molar-refractivity contribution >= 4 is 21.8 Å². The summed E-state index contributed by atoms with van der Waals surface area (Å²) in [5.74, 6) is -0.791. The van der Waals surface area contributed by atoms with Gasteiger partial charge in [-0.3, -0.25) is 4.79 Å². The van der Waals surface area contributed by atoms with Crippen molar-refractivity contribution in [1.29, 1.82) is 0 Å². The fraction of sp³-hybridized carbons (Fsp3) is 0.0714. The average molecular weight is 324 g/mol. The summed E-state index contributed by atoms with van der Waals surface area (Å²) >= 11 is 3.20. The van der Waals surface area contributed by atoms with Gasteiger partial charge in [0.05, 0.1) is 5.56 Å². The van der Waals surface area contributed by atoms with Gasteiger partial charge >= 0.3 is 0 Å². The Hall–Kier alpha value is -1.88. The Morgan fingerprint density at radius 2 is 1.89 bits per heavy atom. The van der Waals surface area contributed by atoms with E-state index < -0.39 is 0 Å². The van der Waals surface area contributed by atoms with Gasteiger partial charge in [-0.15, -0.1) is 0 Å². The lowest BCUT2D eigenvalue weighted by Gasteiger charge is -2.07. The topological polar surface area (TPSA) is 49.3 Å². The molecular formula is C14H11BrFNO2. The SMILES string of the molecule is O=C(NCc1ccc(F)cc1)c1ccc(Br)cc1O. The van der Waals surface area contributed by atoms with Crippen LogP contribution in [-0.2, 0) is 6.54 Å². The number of rotatable bonds is 3. The first-order chi connectivity index (χ1) is 9.06. The molecule has 19 heavy (non-hydrogen) atoms. The third-order valence-electron chi connectivity index (χ3n) is 2.57. The molecule has 0 aliphatic heterocycles. The van der Waals surface area contributed by atoms with Gasteiger partial charge in [-0.1, -0.05) is 28.1 Å². The largest absolute Gasteiger partial charge is 0.507 e. The number of nitrogens with one attached hydrogen (secondary N) is 1. The van der Waals surface area contributed by atoms with Crippen molar-refractivity contribution in [3.63, 3.8) is 0 Å². The number of phenolic OH excluding ortho intramolecular Hbond substituents is 1. The van der Waals surface area contributed by atoms with Crippen LogP contribution in [0.1, 0.15) is 15.9 Å². The molecule has 0 aromatic heterocycles. The maximum absolute atomic E-state index is 12.7. The lowest BCUT2D eigenvalue weighted by molar-refractivity contribution is 0.0948. The summed E-state index contributed by atoms with van der Waals surface area (Å²) < 4.78 is 13.4. The van der Waals surface area contributed by atoms with E-state index in [1.807, 2.05) is 0 Å². The predicted molar refractivity (Wildman–Crippen MR) is 73.4 cm³/mol. The van der Waals surface area contributed by atoms with Crippen molar-refractivity contribution in [1.82, 2.24) is 5.32 Å². The number of hydrogen-bond donors (Lipinski definition) is 2. The van der Waals surface area contributed by atoms with Gasteiger partial charge in [-0.2, -0.15) is 0 Å². The Labute approximate surface area is 118 Å². The van der Waals surface area contributed by atoms with Crippen LogP contribution in [0.2, 0.25) is 0 Å². The first-order valence-electron chi connectivity index (χ1n) is 5.57. The van der Waals surface area contributed by atoms with Crippen LogP contribution < -0.4 is 5.32 Å². The quantitative estimate of drug-likeness (QED) is 0.911. The van der Waals surface area contributed by atoms with Gasteiger partial charge in [-0.25, -0.2) is 4.39 Å². The molecule has 0 aliphatic carbocycles. The summed E-state index contributed by atoms with van der Waals surface area (Å²) in [4.78, 5) is 11.9. The number of carbonyl (C=O) groups excluding carboxylic acids is 1. The highest BCUT2D eigenvalue weighted by Gasteiger charge is 2.10. The summed E-state index contributed by atoms with van der Waals surface area (Å²) in [6.45, 7) is 0.272. The predicted octanol–water partition coefficient (Wildman–Crippen LogP) is 3.22. The third-order valence-corrected chi connectivity index (χ3v) is 3.06. The first-order valence-corrected chi connectivity index (χ1v) is 6.37. The second kappa shape index (κ2) is 5.84. The van der Waals surface area contributed by atoms with E-state index in [9.17, 15) is 14.3 Å². The van der Waals surface area contributed by atoms with Crippen molar-refractivity contribution in [2.75, 3.05) is 0 Å². The number of benzene rings is 2. The van der Waals surface area contributed by atoms with Crippen LogP contribution in [0.25, 0.3) is 0 Å². The van der Waals surface area contributed by atoms with Crippen molar-refractivity contribution < 1.29 is 14.3 Å². The number of aromatic hydroxyl groups is 1. The molecule has 0 aliphatic rings. The van der Waals surface area contributed by atoms with E-state index in [4.69, 9.17) is 0 Å². The molecule has 2 N–H and O–H groups in total. The molecule has 5 heteroatoms. The molecule has 3 nitrogen and oxygen atoms in total. The zero-order chi connectivity index (χ0) is 13.8. The lowest BCUT2D eigenvalue weighted by Crippen LogP contribution is -2.22. The molecule has 0 heterocycles. The van der Waals surface area contributed by atoms with E-state index >= 15 is 0 Å². The second-order valence-corrected chi connectivity index (χ2v) is 4.89. The molecule has 0 saturated heterocycles. The van der Waals surface area contributed by atoms with Gasteiger partial charge in [0.2, 0.25) is 0 Å². The van der Waals surface area contributed by atoms with E-state index in [0.29, 0.717) is 4.47 Å². The lowest BCUT2D eigenvalue weighted by atomic mass is 10.1. The monoisotopic (exact) mass is 323 g/mol. The van der Waals surface area contributed by atoms with E-state index in [0.717, 1.165) is 5.56 Å². The van der Waals surface area contributed by atoms with Gasteiger partial charge in [-0.05, 0) is 35.9 Å². The molecular weight excluding hydrogens is 313 g/mol. The standard InChI is InChI=1S/C14H11BrFNO2/c15-10-3-6-12(13(18)7-10)14(19)17-8-9-1-4-11(16)5-2-9/h1-7,18H,8H2,(H,17,19). The minimum atomic E-state index is -0.380. The zero-order valence-electron chi connectivity index (χ0n) is 9.86. The Bertz CT molecular complexity index is 599. The van der Waals surface area contributed by atoms with Gasteiger partial charge in [0.1, 0.15) is 11.6 Å². The van der Waals surface area contributed by atoms with E-state index in [1.165, 1.54) is 24.3 Å². The fourth-order valence-electron chi connectivity index (χ4n) is 1.58. The number of carbonyl (C=O) groups is 1. The number of halogens is 2. The fourth-order valence-corrected chi connectivity index (χ4v) is 1.93. The van der Waals surface area contributed by atoms with Crippen LogP contribution in [0.15, 0.2) is 46.9 Å². The maximum Gasteiger partial charge on any atom is 0.255 e. The Morgan fingerprint density at radius 1 is 1.21 bits per heavy atom. The van der Waals surface area contributed by atoms with E-state index in [-0.39, 0.29) is 29.6 Å². The van der Waals surface area contributed by atoms with Gasteiger partial charge in [0.15, 0.2) is 0 Å². The molecule has 0 bridgehead atoms. The van der Waals surface area contributed by atoms with Crippen molar-refractivity contribution in [2.24, 2.45) is 0 Å². The first kappa shape index (κ1) is 13.5. The molecule has 2 rings (SSSR count). The number of phenols is 1. The molecule has 0 saturated carbocycles. The Morgan fingerprint density at radius 3 is 2.53 bits per heavy atom. The van der Waals surface area contributed by atoms with Crippen molar-refractivity contribution in [3.8, 4) is 5.75 Å². The summed E-state index contributed by atoms with van der Waals surface area (Å²) in [5.41, 5.74) is 0.983. The van der Waals surface area contributed by atoms with Crippen LogP contribution in [0, 0.1) is 5.82 Å². The molecule has 0 fully saturated rings. The molecule has 1 amide bonds. The molecule has 0 radical (unpaired) electrons. The highest BCUT2D eigenvalue weighted by atomic mass is 79.9. The number of hydrogen-bond acceptors (Lipinski definition) is 2. The summed E-state index contributed by atoms with van der Waals surface area (Å²) in [7, 11) is 0. The molecule has 0 atom stereocenters. The highest BCUT2D eigenvalue weighted by molar-refractivity contribution is 9.10. The van der Waals surface area contributed by atoms with E-state index in [1.54, 1.807) is 18.2 Å². The number of amides is 1. The van der Waals surface area contributed by atoms with Crippen molar-refractivity contribution in [3.05, 3.63) is 63.9 Å². The summed E-state index contributed by atoms with van der Waals surface area (Å²) in [6.07, 6.45) is 0. The Balaban J connectivity index is 2.03. The van der Waals surface area contributed by atoms with Crippen molar-refractivity contribution in [2.45, 2.75) is 6.54 Å². The normalized spacial score (nSPS) is 10.2. The highest BCUT2D eigenvalue weighted by Crippen LogP contribution is 2.22. The smallest absolute Gasteiger partial charge is 0.255 e. The van der Waals surface area contributed by atoms with E-state index in [2.05, 4.69) is 21.2 Å². The molecule has 0 spiro atoms. The van der Waals surface area contributed by atoms with Gasteiger partial charge in [0.25, 0.3) is 5.91 Å². The van der Waals surface area contributed by atoms with Crippen LogP contribution >= 0.6 is 15.9 Å². The molecule has 98 valence electrons. The van der Waals surface area contributed by atoms with Crippen LogP contribution in [0.3, 0.4) is 0 Å². The second-order valence-electron chi connectivity index (χ2n) is 3.97. The van der Waals surface area contributed by atoms with Crippen LogP contribution in [-0.4, -0.2) is 11.0 Å². The maximum atomic E-state index is 12.7. The summed E-state index contributed by atoms with van der Waals surface area (Å²) in [6, 6.07) is 10.5. The van der Waals surface area contributed by atoms with Gasteiger partial charge < -0.3 is 10.4 Å². The Kier molecular flexibility index (Phi) is 4.16. The van der Waals surface area contributed by atoms with Crippen LogP contribution in [0.4, 0.5) is 4.39 Å².